The van der Waals surface area contributed by atoms with E-state index in [-0.39, 0.29) is 11.8 Å². The smallest absolute Gasteiger partial charge is 0.294 e. The minimum atomic E-state index is -0.168. The molecule has 0 saturated heterocycles. The fraction of sp³-hybridized carbons (Fsp3) is 0.450. The molecule has 0 bridgehead atoms. The summed E-state index contributed by atoms with van der Waals surface area (Å²) in [6.07, 6.45) is 4.57. The number of anilines is 1. The number of nitrogens with zero attached hydrogens (tertiary/aromatic N) is 3. The molecule has 3 heterocycles. The molecule has 2 aromatic rings. The first-order valence-corrected chi connectivity index (χ1v) is 9.48. The molecule has 0 fully saturated rings. The Morgan fingerprint density at radius 1 is 1.15 bits per heavy atom. The number of carbonyl (C=O) groups excluding carboxylic acids is 2. The molecule has 6 heteroatoms. The Balaban J connectivity index is 1.69. The van der Waals surface area contributed by atoms with Crippen LogP contribution < -0.4 is 10.2 Å². The fourth-order valence-corrected chi connectivity index (χ4v) is 3.88. The highest BCUT2D eigenvalue weighted by molar-refractivity contribution is 6.06. The maximum Gasteiger partial charge on any atom is 0.294 e. The lowest BCUT2D eigenvalue weighted by Crippen LogP contribution is -2.32. The van der Waals surface area contributed by atoms with Crippen molar-refractivity contribution in [2.75, 3.05) is 18.0 Å². The molecule has 0 saturated carbocycles. The van der Waals surface area contributed by atoms with Gasteiger partial charge in [-0.05, 0) is 43.7 Å². The van der Waals surface area contributed by atoms with Gasteiger partial charge in [0.15, 0.2) is 0 Å². The van der Waals surface area contributed by atoms with Crippen LogP contribution in [0.4, 0.5) is 5.69 Å². The van der Waals surface area contributed by atoms with E-state index in [2.05, 4.69) is 16.4 Å². The van der Waals surface area contributed by atoms with Gasteiger partial charge in [-0.2, -0.15) is 0 Å². The minimum Gasteiger partial charge on any atom is -0.351 e. The molecule has 26 heavy (non-hydrogen) atoms. The average Bonchev–Trinajstić information content (AvgIpc) is 3.27. The van der Waals surface area contributed by atoms with Crippen LogP contribution >= 0.6 is 0 Å². The standard InChI is InChI=1S/C20H24N4O2/c1-2-11-21-19(25)17-16-9-5-6-12-23(16)18(22-17)20(26)24-13-10-14-7-3-4-8-15(14)24/h3-4,7-8H,2,5-6,9-13H2,1H3,(H,21,25). The van der Waals surface area contributed by atoms with Gasteiger partial charge in [0.25, 0.3) is 11.8 Å². The number of nitrogens with one attached hydrogen (secondary N) is 1. The summed E-state index contributed by atoms with van der Waals surface area (Å²) in [5.41, 5.74) is 3.48. The highest BCUT2D eigenvalue weighted by atomic mass is 16.2. The van der Waals surface area contributed by atoms with Crippen molar-refractivity contribution in [1.82, 2.24) is 14.9 Å². The summed E-state index contributed by atoms with van der Waals surface area (Å²) in [6, 6.07) is 8.00. The van der Waals surface area contributed by atoms with Crippen molar-refractivity contribution < 1.29 is 9.59 Å². The van der Waals surface area contributed by atoms with Gasteiger partial charge in [-0.15, -0.1) is 0 Å². The molecular weight excluding hydrogens is 328 g/mol. The number of imidazole rings is 1. The van der Waals surface area contributed by atoms with Crippen LogP contribution in [0.3, 0.4) is 0 Å². The van der Waals surface area contributed by atoms with E-state index in [1.165, 1.54) is 5.56 Å². The molecule has 4 rings (SSSR count). The Labute approximate surface area is 153 Å². The van der Waals surface area contributed by atoms with Crippen LogP contribution in [-0.4, -0.2) is 34.5 Å². The molecule has 2 amide bonds. The second kappa shape index (κ2) is 6.94. The Bertz CT molecular complexity index is 855. The molecule has 0 spiro atoms. The van der Waals surface area contributed by atoms with E-state index in [1.54, 1.807) is 4.90 Å². The van der Waals surface area contributed by atoms with E-state index in [1.807, 2.05) is 29.7 Å². The predicted octanol–water partition coefficient (Wildman–Crippen LogP) is 2.56. The summed E-state index contributed by atoms with van der Waals surface area (Å²) in [5.74, 6) is 0.129. The van der Waals surface area contributed by atoms with Gasteiger partial charge in [0, 0.05) is 25.3 Å². The van der Waals surface area contributed by atoms with Crippen molar-refractivity contribution in [3.63, 3.8) is 0 Å². The number of rotatable bonds is 4. The van der Waals surface area contributed by atoms with E-state index in [9.17, 15) is 9.59 Å². The molecule has 2 aliphatic heterocycles. The highest BCUT2D eigenvalue weighted by Crippen LogP contribution is 2.30. The summed E-state index contributed by atoms with van der Waals surface area (Å²) in [6.45, 7) is 4.05. The zero-order valence-electron chi connectivity index (χ0n) is 15.1. The first-order chi connectivity index (χ1) is 12.7. The molecule has 1 aromatic heterocycles. The number of amides is 2. The maximum atomic E-state index is 13.2. The highest BCUT2D eigenvalue weighted by Gasteiger charge is 2.32. The first-order valence-electron chi connectivity index (χ1n) is 9.48. The van der Waals surface area contributed by atoms with Crippen LogP contribution in [0.25, 0.3) is 0 Å². The predicted molar refractivity (Wildman–Crippen MR) is 99.6 cm³/mol. The first kappa shape index (κ1) is 16.8. The van der Waals surface area contributed by atoms with Gasteiger partial charge in [0.2, 0.25) is 5.82 Å². The van der Waals surface area contributed by atoms with Gasteiger partial charge in [-0.25, -0.2) is 4.98 Å². The number of fused-ring (bicyclic) bond motifs is 2. The Hall–Kier alpha value is -2.63. The molecule has 0 radical (unpaired) electrons. The summed E-state index contributed by atoms with van der Waals surface area (Å²) >= 11 is 0. The Morgan fingerprint density at radius 3 is 2.85 bits per heavy atom. The molecule has 0 atom stereocenters. The van der Waals surface area contributed by atoms with Crippen LogP contribution in [0, 0.1) is 0 Å². The molecule has 6 nitrogen and oxygen atoms in total. The Morgan fingerprint density at radius 2 is 2.00 bits per heavy atom. The third-order valence-electron chi connectivity index (χ3n) is 5.19. The molecule has 2 aliphatic rings. The van der Waals surface area contributed by atoms with E-state index < -0.39 is 0 Å². The average molecular weight is 352 g/mol. The van der Waals surface area contributed by atoms with Crippen molar-refractivity contribution >= 4 is 17.5 Å². The van der Waals surface area contributed by atoms with Crippen LogP contribution in [0.1, 0.15) is 58.6 Å². The second-order valence-corrected chi connectivity index (χ2v) is 6.93. The summed E-state index contributed by atoms with van der Waals surface area (Å²) in [5, 5.41) is 2.90. The summed E-state index contributed by atoms with van der Waals surface area (Å²) in [7, 11) is 0. The number of hydrogen-bond donors (Lipinski definition) is 1. The molecule has 1 N–H and O–H groups in total. The van der Waals surface area contributed by atoms with E-state index in [4.69, 9.17) is 0 Å². The quantitative estimate of drug-likeness (QED) is 0.920. The zero-order valence-corrected chi connectivity index (χ0v) is 15.1. The number of para-hydroxylation sites is 1. The number of hydrogen-bond acceptors (Lipinski definition) is 3. The Kier molecular flexibility index (Phi) is 4.49. The molecule has 136 valence electrons. The van der Waals surface area contributed by atoms with Gasteiger partial charge in [-0.1, -0.05) is 25.1 Å². The normalized spacial score (nSPS) is 15.5. The number of benzene rings is 1. The van der Waals surface area contributed by atoms with Gasteiger partial charge in [0.05, 0.1) is 5.69 Å². The third-order valence-corrected chi connectivity index (χ3v) is 5.19. The van der Waals surface area contributed by atoms with Crippen molar-refractivity contribution in [2.24, 2.45) is 0 Å². The van der Waals surface area contributed by atoms with Gasteiger partial charge < -0.3 is 14.8 Å². The van der Waals surface area contributed by atoms with E-state index >= 15 is 0 Å². The van der Waals surface area contributed by atoms with Crippen LogP contribution in [0.5, 0.6) is 0 Å². The van der Waals surface area contributed by atoms with Crippen molar-refractivity contribution in [1.29, 1.82) is 0 Å². The van der Waals surface area contributed by atoms with Crippen LogP contribution in [0.2, 0.25) is 0 Å². The van der Waals surface area contributed by atoms with Gasteiger partial charge in [-0.3, -0.25) is 9.59 Å². The monoisotopic (exact) mass is 352 g/mol. The SMILES string of the molecule is CCCNC(=O)c1nc(C(=O)N2CCc3ccccc32)n2c1CCCC2. The largest absolute Gasteiger partial charge is 0.351 e. The number of aromatic nitrogens is 2. The molecule has 1 aromatic carbocycles. The lowest BCUT2D eigenvalue weighted by Gasteiger charge is -2.20. The molecule has 0 aliphatic carbocycles. The van der Waals surface area contributed by atoms with Gasteiger partial charge in [0.1, 0.15) is 5.69 Å². The van der Waals surface area contributed by atoms with Crippen LogP contribution in [0.15, 0.2) is 24.3 Å². The second-order valence-electron chi connectivity index (χ2n) is 6.93. The van der Waals surface area contributed by atoms with Crippen molar-refractivity contribution in [3.05, 3.63) is 47.0 Å². The van der Waals surface area contributed by atoms with Gasteiger partial charge >= 0.3 is 0 Å². The fourth-order valence-electron chi connectivity index (χ4n) is 3.88. The molecule has 0 unspecified atom stereocenters. The molecular formula is C20H24N4O2. The maximum absolute atomic E-state index is 13.2. The summed E-state index contributed by atoms with van der Waals surface area (Å²) < 4.78 is 1.97. The summed E-state index contributed by atoms with van der Waals surface area (Å²) in [4.78, 5) is 32.1. The lowest BCUT2D eigenvalue weighted by atomic mass is 10.1. The zero-order chi connectivity index (χ0) is 18.1. The van der Waals surface area contributed by atoms with Crippen molar-refractivity contribution in [2.45, 2.75) is 45.6 Å². The van der Waals surface area contributed by atoms with E-state index in [0.717, 1.165) is 50.0 Å². The van der Waals surface area contributed by atoms with E-state index in [0.29, 0.717) is 24.6 Å². The topological polar surface area (TPSA) is 67.2 Å². The third kappa shape index (κ3) is 2.79. The van der Waals surface area contributed by atoms with Crippen LogP contribution in [-0.2, 0) is 19.4 Å². The van der Waals surface area contributed by atoms with Crippen molar-refractivity contribution in [3.8, 4) is 0 Å². The number of carbonyl (C=O) groups is 2. The minimum absolute atomic E-state index is 0.104. The lowest BCUT2D eigenvalue weighted by molar-refractivity contribution is 0.0947.